The fourth-order valence-electron chi connectivity index (χ4n) is 1.41. The van der Waals surface area contributed by atoms with Crippen molar-refractivity contribution in [3.8, 4) is 0 Å². The van der Waals surface area contributed by atoms with E-state index in [0.29, 0.717) is 10.3 Å². The van der Waals surface area contributed by atoms with Crippen molar-refractivity contribution in [1.82, 2.24) is 9.38 Å². The molecule has 4 nitrogen and oxygen atoms in total. The number of carbonyl (C=O) groups is 1. The number of hydrogen-bond donors (Lipinski definition) is 1. The van der Waals surface area contributed by atoms with Crippen molar-refractivity contribution in [2.75, 3.05) is 0 Å². The van der Waals surface area contributed by atoms with E-state index in [1.807, 2.05) is 19.1 Å². The van der Waals surface area contributed by atoms with Gasteiger partial charge in [0.2, 0.25) is 0 Å². The summed E-state index contributed by atoms with van der Waals surface area (Å²) in [6.45, 7) is 1.84. The highest BCUT2D eigenvalue weighted by Crippen LogP contribution is 2.19. The van der Waals surface area contributed by atoms with Gasteiger partial charge in [0, 0.05) is 5.69 Å². The number of pyridine rings is 1. The second kappa shape index (κ2) is 3.09. The summed E-state index contributed by atoms with van der Waals surface area (Å²) >= 11 is 3.13. The average Bonchev–Trinajstić information content (AvgIpc) is 2.42. The second-order valence-corrected chi connectivity index (χ2v) is 3.67. The number of halogens is 1. The third-order valence-electron chi connectivity index (χ3n) is 2.00. The maximum Gasteiger partial charge on any atom is 0.355 e. The van der Waals surface area contributed by atoms with E-state index < -0.39 is 5.97 Å². The lowest BCUT2D eigenvalue weighted by Gasteiger charge is -2.00. The van der Waals surface area contributed by atoms with Crippen LogP contribution in [0.15, 0.2) is 22.8 Å². The minimum atomic E-state index is -0.987. The molecule has 0 bridgehead atoms. The molecule has 0 unspecified atom stereocenters. The largest absolute Gasteiger partial charge is 0.476 e. The number of aromatic carboxylic acids is 1. The third-order valence-corrected chi connectivity index (χ3v) is 2.55. The molecule has 0 aliphatic rings. The molecule has 0 radical (unpaired) electrons. The zero-order valence-corrected chi connectivity index (χ0v) is 8.95. The van der Waals surface area contributed by atoms with Gasteiger partial charge in [0.15, 0.2) is 5.69 Å². The van der Waals surface area contributed by atoms with Gasteiger partial charge in [-0.2, -0.15) is 0 Å². The lowest BCUT2D eigenvalue weighted by Crippen LogP contribution is -2.04. The Hall–Kier alpha value is -1.36. The molecule has 2 rings (SSSR count). The molecule has 0 saturated heterocycles. The molecule has 0 aliphatic heterocycles. The van der Waals surface area contributed by atoms with E-state index in [0.717, 1.165) is 5.69 Å². The summed E-state index contributed by atoms with van der Waals surface area (Å²) < 4.78 is 1.96. The highest BCUT2D eigenvalue weighted by atomic mass is 79.9. The Bertz CT molecular complexity index is 519. The van der Waals surface area contributed by atoms with E-state index in [4.69, 9.17) is 5.11 Å². The molecule has 14 heavy (non-hydrogen) atoms. The van der Waals surface area contributed by atoms with E-state index in [1.54, 1.807) is 10.5 Å². The Morgan fingerprint density at radius 2 is 2.29 bits per heavy atom. The predicted octanol–water partition coefficient (Wildman–Crippen LogP) is 2.10. The van der Waals surface area contributed by atoms with Crippen LogP contribution in [-0.4, -0.2) is 20.5 Å². The smallest absolute Gasteiger partial charge is 0.355 e. The van der Waals surface area contributed by atoms with Gasteiger partial charge in [0.25, 0.3) is 0 Å². The van der Waals surface area contributed by atoms with Crippen LogP contribution in [0.4, 0.5) is 0 Å². The SMILES string of the molecule is Cc1cccc2nc(Br)c(C(=O)O)n12. The topological polar surface area (TPSA) is 54.6 Å². The van der Waals surface area contributed by atoms with Crippen molar-refractivity contribution in [1.29, 1.82) is 0 Å². The molecule has 72 valence electrons. The molecule has 0 spiro atoms. The fourth-order valence-corrected chi connectivity index (χ4v) is 1.94. The first-order valence-corrected chi connectivity index (χ1v) is 4.77. The highest BCUT2D eigenvalue weighted by Gasteiger charge is 2.17. The van der Waals surface area contributed by atoms with Gasteiger partial charge in [0.05, 0.1) is 0 Å². The van der Waals surface area contributed by atoms with Gasteiger partial charge >= 0.3 is 5.97 Å². The molecule has 1 N–H and O–H groups in total. The van der Waals surface area contributed by atoms with Gasteiger partial charge in [0.1, 0.15) is 10.3 Å². The number of aryl methyl sites for hydroxylation is 1. The Kier molecular flexibility index (Phi) is 2.03. The Morgan fingerprint density at radius 3 is 2.93 bits per heavy atom. The summed E-state index contributed by atoms with van der Waals surface area (Å²) in [4.78, 5) is 15.1. The maximum atomic E-state index is 11.0. The lowest BCUT2D eigenvalue weighted by atomic mass is 10.3. The number of hydrogen-bond acceptors (Lipinski definition) is 2. The van der Waals surface area contributed by atoms with Crippen molar-refractivity contribution in [3.05, 3.63) is 34.2 Å². The first kappa shape index (κ1) is 9.21. The molecule has 2 aromatic heterocycles. The number of carboxylic acids is 1. The first-order chi connectivity index (χ1) is 6.61. The van der Waals surface area contributed by atoms with Crippen molar-refractivity contribution < 1.29 is 9.90 Å². The molecule has 0 aliphatic carbocycles. The number of imidazole rings is 1. The van der Waals surface area contributed by atoms with Gasteiger partial charge in [-0.25, -0.2) is 9.78 Å². The summed E-state index contributed by atoms with van der Waals surface area (Å²) in [6.07, 6.45) is 0. The first-order valence-electron chi connectivity index (χ1n) is 3.98. The van der Waals surface area contributed by atoms with Crippen molar-refractivity contribution in [2.24, 2.45) is 0 Å². The summed E-state index contributed by atoms with van der Waals surface area (Å²) in [7, 11) is 0. The zero-order chi connectivity index (χ0) is 10.3. The van der Waals surface area contributed by atoms with Crippen LogP contribution in [0, 0.1) is 6.92 Å². The number of rotatable bonds is 1. The molecular weight excluding hydrogens is 248 g/mol. The summed E-state index contributed by atoms with van der Waals surface area (Å²) in [6, 6.07) is 5.45. The predicted molar refractivity (Wildman–Crippen MR) is 54.6 cm³/mol. The number of fused-ring (bicyclic) bond motifs is 1. The molecule has 0 saturated carbocycles. The minimum Gasteiger partial charge on any atom is -0.476 e. The van der Waals surface area contributed by atoms with Crippen LogP contribution in [0.25, 0.3) is 5.65 Å². The average molecular weight is 255 g/mol. The van der Waals surface area contributed by atoms with E-state index in [1.165, 1.54) is 0 Å². The van der Waals surface area contributed by atoms with Crippen LogP contribution in [0.3, 0.4) is 0 Å². The van der Waals surface area contributed by atoms with Gasteiger partial charge in [-0.15, -0.1) is 0 Å². The summed E-state index contributed by atoms with van der Waals surface area (Å²) in [5.41, 5.74) is 1.64. The Labute approximate surface area is 88.3 Å². The zero-order valence-electron chi connectivity index (χ0n) is 7.36. The number of aromatic nitrogens is 2. The van der Waals surface area contributed by atoms with Crippen LogP contribution in [0.2, 0.25) is 0 Å². The van der Waals surface area contributed by atoms with E-state index in [9.17, 15) is 4.79 Å². The van der Waals surface area contributed by atoms with E-state index >= 15 is 0 Å². The van der Waals surface area contributed by atoms with Gasteiger partial charge in [-0.3, -0.25) is 4.40 Å². The Morgan fingerprint density at radius 1 is 1.57 bits per heavy atom. The molecule has 0 fully saturated rings. The molecule has 2 heterocycles. The van der Waals surface area contributed by atoms with Crippen molar-refractivity contribution in [3.63, 3.8) is 0 Å². The van der Waals surface area contributed by atoms with Crippen LogP contribution < -0.4 is 0 Å². The molecule has 0 amide bonds. The van der Waals surface area contributed by atoms with Crippen molar-refractivity contribution in [2.45, 2.75) is 6.92 Å². The third kappa shape index (κ3) is 1.21. The van der Waals surface area contributed by atoms with Crippen LogP contribution >= 0.6 is 15.9 Å². The molecular formula is C9H7BrN2O2. The highest BCUT2D eigenvalue weighted by molar-refractivity contribution is 9.10. The Balaban J connectivity index is 2.93. The van der Waals surface area contributed by atoms with Crippen LogP contribution in [-0.2, 0) is 0 Å². The maximum absolute atomic E-state index is 11.0. The van der Waals surface area contributed by atoms with Gasteiger partial charge < -0.3 is 5.11 Å². The summed E-state index contributed by atoms with van der Waals surface area (Å²) in [5.74, 6) is -0.987. The van der Waals surface area contributed by atoms with E-state index in [2.05, 4.69) is 20.9 Å². The fraction of sp³-hybridized carbons (Fsp3) is 0.111. The van der Waals surface area contributed by atoms with Crippen LogP contribution in [0.1, 0.15) is 16.2 Å². The van der Waals surface area contributed by atoms with Gasteiger partial charge in [-0.05, 0) is 35.0 Å². The van der Waals surface area contributed by atoms with Gasteiger partial charge in [-0.1, -0.05) is 6.07 Å². The molecule has 0 atom stereocenters. The van der Waals surface area contributed by atoms with Crippen molar-refractivity contribution >= 4 is 27.5 Å². The number of nitrogens with zero attached hydrogens (tertiary/aromatic N) is 2. The van der Waals surface area contributed by atoms with Crippen LogP contribution in [0.5, 0.6) is 0 Å². The quantitative estimate of drug-likeness (QED) is 0.848. The number of carboxylic acid groups (broad SMARTS) is 1. The normalized spacial score (nSPS) is 10.7. The summed E-state index contributed by atoms with van der Waals surface area (Å²) in [5, 5.41) is 8.99. The monoisotopic (exact) mass is 254 g/mol. The second-order valence-electron chi connectivity index (χ2n) is 2.92. The lowest BCUT2D eigenvalue weighted by molar-refractivity contribution is 0.0688. The standard InChI is InChI=1S/C9H7BrN2O2/c1-5-3-2-4-6-11-8(10)7(9(13)14)12(5)6/h2-4H,1H3,(H,13,14). The van der Waals surface area contributed by atoms with E-state index in [-0.39, 0.29) is 5.69 Å². The minimum absolute atomic E-state index is 0.165. The molecule has 2 aromatic rings. The molecule has 5 heteroatoms. The molecule has 0 aromatic carbocycles.